The summed E-state index contributed by atoms with van der Waals surface area (Å²) in [6.07, 6.45) is 2.73. The number of piperidine rings is 1. The number of nitrogens with one attached hydrogen (secondary N) is 1. The molecule has 0 bridgehead atoms. The van der Waals surface area contributed by atoms with Crippen molar-refractivity contribution in [3.05, 3.63) is 53.6 Å². The van der Waals surface area contributed by atoms with Crippen LogP contribution in [0, 0.1) is 5.92 Å². The molecular weight excluding hydrogens is 354 g/mol. The van der Waals surface area contributed by atoms with Gasteiger partial charge in [0, 0.05) is 17.5 Å². The van der Waals surface area contributed by atoms with E-state index in [2.05, 4.69) is 11.4 Å². The van der Waals surface area contributed by atoms with Crippen molar-refractivity contribution in [1.29, 1.82) is 0 Å². The maximum atomic E-state index is 12.0. The number of esters is 1. The highest BCUT2D eigenvalue weighted by Crippen LogP contribution is 2.48. The summed E-state index contributed by atoms with van der Waals surface area (Å²) >= 11 is 0. The van der Waals surface area contributed by atoms with Crippen molar-refractivity contribution in [2.45, 2.75) is 44.6 Å². The van der Waals surface area contributed by atoms with Crippen LogP contribution in [0.15, 0.2) is 42.5 Å². The molecule has 148 valence electrons. The predicted octanol–water partition coefficient (Wildman–Crippen LogP) is 3.99. The molecule has 0 amide bonds. The molecule has 5 heteroatoms. The monoisotopic (exact) mass is 381 g/mol. The van der Waals surface area contributed by atoms with E-state index in [1.807, 2.05) is 44.2 Å². The second kappa shape index (κ2) is 7.47. The van der Waals surface area contributed by atoms with E-state index in [-0.39, 0.29) is 29.2 Å². The second-order valence-electron chi connectivity index (χ2n) is 8.16. The van der Waals surface area contributed by atoms with Crippen molar-refractivity contribution in [3.8, 4) is 17.2 Å². The summed E-state index contributed by atoms with van der Waals surface area (Å²) in [5.74, 6) is 1.24. The second-order valence-corrected chi connectivity index (χ2v) is 8.16. The van der Waals surface area contributed by atoms with Crippen molar-refractivity contribution in [1.82, 2.24) is 5.32 Å². The van der Waals surface area contributed by atoms with Gasteiger partial charge < -0.3 is 19.9 Å². The van der Waals surface area contributed by atoms with E-state index in [1.54, 1.807) is 6.07 Å². The lowest BCUT2D eigenvalue weighted by molar-refractivity contribution is -0.137. The van der Waals surface area contributed by atoms with E-state index in [0.717, 1.165) is 49.2 Å². The molecule has 1 spiro atoms. The highest BCUT2D eigenvalue weighted by atomic mass is 16.5. The molecule has 2 aromatic rings. The van der Waals surface area contributed by atoms with Crippen LogP contribution in [0.2, 0.25) is 0 Å². The number of phenolic OH excluding ortho intramolecular Hbond substituents is 1. The third kappa shape index (κ3) is 3.72. The van der Waals surface area contributed by atoms with Crippen LogP contribution in [-0.2, 0) is 4.79 Å². The quantitative estimate of drug-likeness (QED) is 0.622. The van der Waals surface area contributed by atoms with Gasteiger partial charge >= 0.3 is 5.97 Å². The van der Waals surface area contributed by atoms with Gasteiger partial charge in [0.15, 0.2) is 0 Å². The number of fused-ring (bicyclic) bond motifs is 1. The van der Waals surface area contributed by atoms with Crippen LogP contribution >= 0.6 is 0 Å². The molecule has 28 heavy (non-hydrogen) atoms. The average molecular weight is 381 g/mol. The first-order chi connectivity index (χ1) is 13.5. The van der Waals surface area contributed by atoms with E-state index < -0.39 is 0 Å². The normalized spacial score (nSPS) is 20.5. The molecule has 4 rings (SSSR count). The summed E-state index contributed by atoms with van der Waals surface area (Å²) in [6, 6.07) is 13.1. The van der Waals surface area contributed by atoms with Gasteiger partial charge in [0.1, 0.15) is 22.8 Å². The van der Waals surface area contributed by atoms with Crippen molar-refractivity contribution in [2.24, 2.45) is 5.92 Å². The maximum absolute atomic E-state index is 12.0. The van der Waals surface area contributed by atoms with Crippen LogP contribution in [-0.4, -0.2) is 29.8 Å². The number of benzene rings is 2. The largest absolute Gasteiger partial charge is 0.508 e. The molecule has 2 heterocycles. The van der Waals surface area contributed by atoms with Gasteiger partial charge in [-0.05, 0) is 56.1 Å². The Morgan fingerprint density at radius 2 is 2.00 bits per heavy atom. The van der Waals surface area contributed by atoms with Crippen LogP contribution < -0.4 is 14.8 Å². The third-order valence-corrected chi connectivity index (χ3v) is 5.74. The van der Waals surface area contributed by atoms with Crippen LogP contribution in [0.4, 0.5) is 0 Å². The van der Waals surface area contributed by atoms with Gasteiger partial charge in [0.05, 0.1) is 5.92 Å². The van der Waals surface area contributed by atoms with Gasteiger partial charge in [0.2, 0.25) is 0 Å². The standard InChI is InChI=1S/C23H27NO4/c1-15(2)22(26)27-18-6-7-19-20(16-4-3-5-17(25)12-16)14-23(28-21(19)13-18)8-10-24-11-9-23/h3-7,12-13,15,20,24-25H,8-11,14H2,1-2H3. The molecule has 1 atom stereocenters. The number of phenols is 1. The average Bonchev–Trinajstić information content (AvgIpc) is 2.67. The number of ether oxygens (including phenoxy) is 2. The van der Waals surface area contributed by atoms with Gasteiger partial charge in [-0.25, -0.2) is 0 Å². The number of hydrogen-bond donors (Lipinski definition) is 2. The van der Waals surface area contributed by atoms with Gasteiger partial charge in [-0.3, -0.25) is 4.79 Å². The Morgan fingerprint density at radius 3 is 2.71 bits per heavy atom. The SMILES string of the molecule is CC(C)C(=O)Oc1ccc2c(c1)OC1(CCNCC1)CC2c1cccc(O)c1. The summed E-state index contributed by atoms with van der Waals surface area (Å²) in [5.41, 5.74) is 1.91. The number of carbonyl (C=O) groups is 1. The lowest BCUT2D eigenvalue weighted by atomic mass is 9.75. The molecule has 0 saturated carbocycles. The molecule has 2 aliphatic heterocycles. The van der Waals surface area contributed by atoms with Gasteiger partial charge in [-0.1, -0.05) is 32.0 Å². The molecule has 2 N–H and O–H groups in total. The number of carbonyl (C=O) groups excluding carboxylic acids is 1. The minimum absolute atomic E-state index is 0.129. The summed E-state index contributed by atoms with van der Waals surface area (Å²) in [5, 5.41) is 13.4. The predicted molar refractivity (Wildman–Crippen MR) is 107 cm³/mol. The fourth-order valence-electron chi connectivity index (χ4n) is 4.17. The lowest BCUT2D eigenvalue weighted by Crippen LogP contribution is -2.49. The van der Waals surface area contributed by atoms with Crippen molar-refractivity contribution in [3.63, 3.8) is 0 Å². The molecule has 1 fully saturated rings. The maximum Gasteiger partial charge on any atom is 0.313 e. The first-order valence-corrected chi connectivity index (χ1v) is 10.0. The van der Waals surface area contributed by atoms with E-state index in [9.17, 15) is 9.90 Å². The zero-order valence-corrected chi connectivity index (χ0v) is 16.4. The zero-order valence-electron chi connectivity index (χ0n) is 16.4. The number of hydrogen-bond acceptors (Lipinski definition) is 5. The van der Waals surface area contributed by atoms with E-state index in [0.29, 0.717) is 5.75 Å². The molecule has 1 saturated heterocycles. The minimum atomic E-state index is -0.253. The number of rotatable bonds is 3. The summed E-state index contributed by atoms with van der Waals surface area (Å²) in [6.45, 7) is 5.48. The van der Waals surface area contributed by atoms with E-state index in [1.165, 1.54) is 0 Å². The van der Waals surface area contributed by atoms with Crippen LogP contribution in [0.5, 0.6) is 17.2 Å². The Balaban J connectivity index is 1.73. The fraction of sp³-hybridized carbons (Fsp3) is 0.435. The Morgan fingerprint density at radius 1 is 1.21 bits per heavy atom. The minimum Gasteiger partial charge on any atom is -0.508 e. The van der Waals surface area contributed by atoms with Crippen LogP contribution in [0.3, 0.4) is 0 Å². The van der Waals surface area contributed by atoms with Crippen molar-refractivity contribution in [2.75, 3.05) is 13.1 Å². The highest BCUT2D eigenvalue weighted by Gasteiger charge is 2.42. The van der Waals surface area contributed by atoms with E-state index in [4.69, 9.17) is 9.47 Å². The molecule has 0 aromatic heterocycles. The van der Waals surface area contributed by atoms with Crippen LogP contribution in [0.1, 0.15) is 50.2 Å². The Kier molecular flexibility index (Phi) is 5.02. The Bertz CT molecular complexity index is 871. The van der Waals surface area contributed by atoms with Gasteiger partial charge in [-0.15, -0.1) is 0 Å². The number of aromatic hydroxyl groups is 1. The summed E-state index contributed by atoms with van der Waals surface area (Å²) in [4.78, 5) is 12.0. The van der Waals surface area contributed by atoms with Crippen molar-refractivity contribution >= 4 is 5.97 Å². The first-order valence-electron chi connectivity index (χ1n) is 10.0. The smallest absolute Gasteiger partial charge is 0.313 e. The zero-order chi connectivity index (χ0) is 19.7. The Labute approximate surface area is 165 Å². The Hall–Kier alpha value is -2.53. The summed E-state index contributed by atoms with van der Waals surface area (Å²) < 4.78 is 12.0. The molecule has 2 aromatic carbocycles. The fourth-order valence-corrected chi connectivity index (χ4v) is 4.17. The van der Waals surface area contributed by atoms with Gasteiger partial charge in [0.25, 0.3) is 0 Å². The van der Waals surface area contributed by atoms with Crippen molar-refractivity contribution < 1.29 is 19.4 Å². The molecule has 5 nitrogen and oxygen atoms in total. The van der Waals surface area contributed by atoms with Gasteiger partial charge in [-0.2, -0.15) is 0 Å². The molecule has 0 radical (unpaired) electrons. The summed E-state index contributed by atoms with van der Waals surface area (Å²) in [7, 11) is 0. The molecule has 0 aliphatic carbocycles. The molecule has 2 aliphatic rings. The lowest BCUT2D eigenvalue weighted by Gasteiger charge is -2.45. The first kappa shape index (κ1) is 18.8. The topological polar surface area (TPSA) is 67.8 Å². The molecular formula is C23H27NO4. The van der Waals surface area contributed by atoms with Crippen LogP contribution in [0.25, 0.3) is 0 Å². The molecule has 1 unspecified atom stereocenters. The highest BCUT2D eigenvalue weighted by molar-refractivity contribution is 5.74. The third-order valence-electron chi connectivity index (χ3n) is 5.74. The van der Waals surface area contributed by atoms with E-state index >= 15 is 0 Å².